The lowest BCUT2D eigenvalue weighted by Gasteiger charge is -2.20. The van der Waals surface area contributed by atoms with E-state index in [4.69, 9.17) is 11.6 Å². The highest BCUT2D eigenvalue weighted by Crippen LogP contribution is 2.30. The molecule has 29 heavy (non-hydrogen) atoms. The molecule has 0 unspecified atom stereocenters. The van der Waals surface area contributed by atoms with Gasteiger partial charge in [0.05, 0.1) is 10.6 Å². The van der Waals surface area contributed by atoms with E-state index in [1.54, 1.807) is 13.8 Å². The lowest BCUT2D eigenvalue weighted by atomic mass is 10.2. The Hall–Kier alpha value is -1.82. The Morgan fingerprint density at radius 2 is 1.59 bits per heavy atom. The minimum Gasteiger partial charge on any atom is -0.279 e. The molecule has 0 spiro atoms. The van der Waals surface area contributed by atoms with Crippen molar-refractivity contribution in [3.8, 4) is 0 Å². The van der Waals surface area contributed by atoms with Gasteiger partial charge in [0.1, 0.15) is 16.7 Å². The van der Waals surface area contributed by atoms with Gasteiger partial charge in [0.15, 0.2) is 10.7 Å². The fourth-order valence-corrected chi connectivity index (χ4v) is 5.75. The van der Waals surface area contributed by atoms with Crippen LogP contribution in [0.15, 0.2) is 34.1 Å². The Bertz CT molecular complexity index is 1150. The molecule has 0 aliphatic rings. The lowest BCUT2D eigenvalue weighted by Crippen LogP contribution is -2.31. The molecule has 12 heteroatoms. The zero-order valence-electron chi connectivity index (χ0n) is 15.6. The van der Waals surface area contributed by atoms with Crippen LogP contribution in [0.2, 0.25) is 5.02 Å². The summed E-state index contributed by atoms with van der Waals surface area (Å²) >= 11 is 5.34. The number of sulfonamides is 2. The van der Waals surface area contributed by atoms with Crippen molar-refractivity contribution in [2.75, 3.05) is 17.8 Å². The third kappa shape index (κ3) is 4.52. The Labute approximate surface area is 172 Å². The van der Waals surface area contributed by atoms with Gasteiger partial charge in [-0.05, 0) is 24.6 Å². The zero-order valence-corrected chi connectivity index (χ0v) is 18.0. The van der Waals surface area contributed by atoms with Crippen molar-refractivity contribution in [1.29, 1.82) is 0 Å². The summed E-state index contributed by atoms with van der Waals surface area (Å²) in [5, 5.41) is -1.18. The van der Waals surface area contributed by atoms with Crippen LogP contribution in [-0.2, 0) is 20.0 Å². The van der Waals surface area contributed by atoms with Crippen molar-refractivity contribution in [2.45, 2.75) is 30.6 Å². The van der Waals surface area contributed by atoms with Crippen molar-refractivity contribution >= 4 is 37.3 Å². The maximum absolute atomic E-state index is 14.1. The van der Waals surface area contributed by atoms with Crippen LogP contribution in [0, 0.1) is 24.4 Å². The van der Waals surface area contributed by atoms with Crippen molar-refractivity contribution in [3.63, 3.8) is 0 Å². The fourth-order valence-electron chi connectivity index (χ4n) is 2.65. The predicted octanol–water partition coefficient (Wildman–Crippen LogP) is 3.90. The van der Waals surface area contributed by atoms with E-state index in [0.717, 1.165) is 6.07 Å². The molecule has 2 aromatic carbocycles. The lowest BCUT2D eigenvalue weighted by molar-refractivity contribution is 0.445. The maximum atomic E-state index is 14.1. The number of rotatable bonds is 7. The van der Waals surface area contributed by atoms with Gasteiger partial charge < -0.3 is 0 Å². The molecule has 2 rings (SSSR count). The minimum absolute atomic E-state index is 0.144. The molecule has 0 aliphatic heterocycles. The van der Waals surface area contributed by atoms with Gasteiger partial charge in [-0.25, -0.2) is 30.0 Å². The quantitative estimate of drug-likeness (QED) is 0.491. The second-order valence-corrected chi connectivity index (χ2v) is 9.88. The van der Waals surface area contributed by atoms with Crippen LogP contribution >= 0.6 is 11.6 Å². The second-order valence-electron chi connectivity index (χ2n) is 5.97. The van der Waals surface area contributed by atoms with Gasteiger partial charge in [-0.1, -0.05) is 31.5 Å². The van der Waals surface area contributed by atoms with Crippen LogP contribution < -0.4 is 4.72 Å². The van der Waals surface area contributed by atoms with Crippen molar-refractivity contribution in [3.05, 3.63) is 52.3 Å². The summed E-state index contributed by atoms with van der Waals surface area (Å²) in [6.07, 6.45) is 0. The third-order valence-electron chi connectivity index (χ3n) is 4.10. The number of benzene rings is 2. The summed E-state index contributed by atoms with van der Waals surface area (Å²) in [7, 11) is -8.80. The number of aryl methyl sites for hydroxylation is 1. The van der Waals surface area contributed by atoms with Crippen LogP contribution in [0.3, 0.4) is 0 Å². The molecule has 2 aromatic rings. The summed E-state index contributed by atoms with van der Waals surface area (Å²) in [6, 6.07) is 3.76. The maximum Gasteiger partial charge on any atom is 0.267 e. The zero-order chi connectivity index (χ0) is 22.1. The van der Waals surface area contributed by atoms with Crippen molar-refractivity contribution < 1.29 is 30.0 Å². The summed E-state index contributed by atoms with van der Waals surface area (Å²) in [6.45, 7) is 5.20. The molecule has 0 saturated heterocycles. The van der Waals surface area contributed by atoms with Crippen LogP contribution in [0.4, 0.5) is 18.9 Å². The van der Waals surface area contributed by atoms with Gasteiger partial charge in [0.25, 0.3) is 10.0 Å². The van der Waals surface area contributed by atoms with Gasteiger partial charge in [0, 0.05) is 19.2 Å². The minimum atomic E-state index is -4.88. The molecule has 0 heterocycles. The average Bonchev–Trinajstić information content (AvgIpc) is 2.61. The molecular formula is C17H18ClF3N2O4S2. The Morgan fingerprint density at radius 3 is 2.14 bits per heavy atom. The molecule has 0 amide bonds. The molecular weight excluding hydrogens is 453 g/mol. The van der Waals surface area contributed by atoms with E-state index in [1.807, 2.05) is 4.72 Å². The number of anilines is 1. The summed E-state index contributed by atoms with van der Waals surface area (Å²) in [5.74, 6) is -4.93. The summed E-state index contributed by atoms with van der Waals surface area (Å²) in [4.78, 5) is -1.64. The number of nitrogens with one attached hydrogen (secondary N) is 1. The summed E-state index contributed by atoms with van der Waals surface area (Å²) < 4.78 is 94.9. The fraction of sp³-hybridized carbons (Fsp3) is 0.294. The monoisotopic (exact) mass is 470 g/mol. The number of nitrogens with zero attached hydrogens (tertiary/aromatic N) is 1. The highest BCUT2D eigenvalue weighted by molar-refractivity contribution is 7.92. The third-order valence-corrected chi connectivity index (χ3v) is 8.06. The van der Waals surface area contributed by atoms with Crippen LogP contribution in [0.25, 0.3) is 0 Å². The largest absolute Gasteiger partial charge is 0.279 e. The van der Waals surface area contributed by atoms with Crippen LogP contribution in [0.1, 0.15) is 19.4 Å². The van der Waals surface area contributed by atoms with Gasteiger partial charge in [-0.3, -0.25) is 4.72 Å². The van der Waals surface area contributed by atoms with E-state index >= 15 is 0 Å². The van der Waals surface area contributed by atoms with Crippen LogP contribution in [-0.4, -0.2) is 34.2 Å². The van der Waals surface area contributed by atoms with Crippen LogP contribution in [0.5, 0.6) is 0 Å². The molecule has 160 valence electrons. The summed E-state index contributed by atoms with van der Waals surface area (Å²) in [5.41, 5.74) is 0.0996. The number of hydrogen-bond acceptors (Lipinski definition) is 4. The van der Waals surface area contributed by atoms with E-state index in [-0.39, 0.29) is 29.7 Å². The molecule has 1 N–H and O–H groups in total. The molecule has 6 nitrogen and oxygen atoms in total. The van der Waals surface area contributed by atoms with Gasteiger partial charge in [0.2, 0.25) is 10.0 Å². The van der Waals surface area contributed by atoms with Gasteiger partial charge in [-0.2, -0.15) is 4.31 Å². The van der Waals surface area contributed by atoms with E-state index < -0.39 is 47.4 Å². The predicted molar refractivity (Wildman–Crippen MR) is 103 cm³/mol. The molecule has 0 atom stereocenters. The first-order chi connectivity index (χ1) is 13.4. The topological polar surface area (TPSA) is 83.6 Å². The standard InChI is InChI=1S/C17H18ClF3N2O4S2/c1-4-23(5-2)29(26,27)14-8-11(7-6-10(14)3)22-28(24,25)17-13(20)9-12(19)15(18)16(17)21/h6-9,22H,4-5H2,1-3H3. The first-order valence-electron chi connectivity index (χ1n) is 8.33. The van der Waals surface area contributed by atoms with E-state index in [9.17, 15) is 30.0 Å². The highest BCUT2D eigenvalue weighted by Gasteiger charge is 2.29. The first-order valence-corrected chi connectivity index (χ1v) is 11.6. The molecule has 0 aromatic heterocycles. The SMILES string of the molecule is CCN(CC)S(=O)(=O)c1cc(NS(=O)(=O)c2c(F)cc(F)c(Cl)c2F)ccc1C. The average molecular weight is 471 g/mol. The molecule has 0 bridgehead atoms. The number of hydrogen-bond donors (Lipinski definition) is 1. The van der Waals surface area contributed by atoms with Gasteiger partial charge in [-0.15, -0.1) is 0 Å². The molecule has 0 aliphatic carbocycles. The van der Waals surface area contributed by atoms with E-state index in [0.29, 0.717) is 5.56 Å². The van der Waals surface area contributed by atoms with Crippen molar-refractivity contribution in [1.82, 2.24) is 4.31 Å². The Morgan fingerprint density at radius 1 is 1.00 bits per heavy atom. The Kier molecular flexibility index (Phi) is 6.88. The Balaban J connectivity index is 2.56. The smallest absolute Gasteiger partial charge is 0.267 e. The molecule has 0 saturated carbocycles. The molecule has 0 fully saturated rings. The first kappa shape index (κ1) is 23.5. The van der Waals surface area contributed by atoms with Crippen molar-refractivity contribution in [2.24, 2.45) is 0 Å². The second kappa shape index (κ2) is 8.50. The molecule has 0 radical (unpaired) electrons. The van der Waals surface area contributed by atoms with Gasteiger partial charge >= 0.3 is 0 Å². The van der Waals surface area contributed by atoms with E-state index in [1.165, 1.54) is 23.4 Å². The van der Waals surface area contributed by atoms with E-state index in [2.05, 4.69) is 0 Å². The highest BCUT2D eigenvalue weighted by atomic mass is 35.5. The normalized spacial score (nSPS) is 12.4. The number of halogens is 4.